The van der Waals surface area contributed by atoms with Gasteiger partial charge in [0.2, 0.25) is 17.7 Å². The van der Waals surface area contributed by atoms with Gasteiger partial charge in [0.05, 0.1) is 20.3 Å². The highest BCUT2D eigenvalue weighted by atomic mass is 16.5. The lowest BCUT2D eigenvalue weighted by molar-refractivity contribution is -0.147. The molecule has 0 spiro atoms. The Kier molecular flexibility index (Phi) is 14.1. The predicted octanol–water partition coefficient (Wildman–Crippen LogP) is 3.72. The first-order valence-corrected chi connectivity index (χ1v) is 15.0. The second kappa shape index (κ2) is 18.2. The second-order valence-corrected chi connectivity index (χ2v) is 10.8. The number of carbonyl (C=O) groups excluding carboxylic acids is 4. The van der Waals surface area contributed by atoms with Crippen molar-refractivity contribution in [3.63, 3.8) is 0 Å². The Balaban J connectivity index is 1.65. The number of hydrogen-bond donors (Lipinski definition) is 3. The molecular formula is C35H43N3O7. The Morgan fingerprint density at radius 1 is 0.711 bits per heavy atom. The summed E-state index contributed by atoms with van der Waals surface area (Å²) >= 11 is 0. The summed E-state index contributed by atoms with van der Waals surface area (Å²) in [5.41, 5.74) is 2.75. The van der Waals surface area contributed by atoms with Gasteiger partial charge < -0.3 is 30.2 Å². The summed E-state index contributed by atoms with van der Waals surface area (Å²) < 4.78 is 16.4. The van der Waals surface area contributed by atoms with Crippen LogP contribution in [-0.4, -0.2) is 55.5 Å². The van der Waals surface area contributed by atoms with Gasteiger partial charge in [0.1, 0.15) is 24.4 Å². The third kappa shape index (κ3) is 11.7. The van der Waals surface area contributed by atoms with Crippen LogP contribution in [-0.2, 0) is 48.3 Å². The van der Waals surface area contributed by atoms with Crippen molar-refractivity contribution in [3.05, 3.63) is 102 Å². The van der Waals surface area contributed by atoms with Crippen molar-refractivity contribution in [3.8, 4) is 5.75 Å². The molecule has 0 aliphatic heterocycles. The van der Waals surface area contributed by atoms with E-state index in [1.807, 2.05) is 98.8 Å². The van der Waals surface area contributed by atoms with E-state index in [9.17, 15) is 19.2 Å². The molecule has 0 saturated carbocycles. The Morgan fingerprint density at radius 3 is 1.87 bits per heavy atom. The molecule has 3 amide bonds. The molecule has 3 aromatic rings. The SMILES string of the molecule is CC[C@H](C)[C@H](NC(=O)[C@H](Cc1ccc(OCc2ccccc2)cc1)NC(C)=O)C(=O)N[C@@H](COCc1ccccc1)C(=O)OC. The van der Waals surface area contributed by atoms with Gasteiger partial charge in [-0.05, 0) is 34.7 Å². The van der Waals surface area contributed by atoms with E-state index < -0.39 is 35.9 Å². The molecule has 0 aliphatic carbocycles. The molecule has 0 aromatic heterocycles. The van der Waals surface area contributed by atoms with E-state index >= 15 is 0 Å². The zero-order valence-electron chi connectivity index (χ0n) is 26.3. The summed E-state index contributed by atoms with van der Waals surface area (Å²) in [6.07, 6.45) is 0.762. The lowest BCUT2D eigenvalue weighted by Crippen LogP contribution is -2.58. The normalized spacial score (nSPS) is 13.4. The van der Waals surface area contributed by atoms with Gasteiger partial charge in [0.25, 0.3) is 0 Å². The highest BCUT2D eigenvalue weighted by molar-refractivity contribution is 5.93. The van der Waals surface area contributed by atoms with Gasteiger partial charge in [-0.1, -0.05) is 93.1 Å². The molecule has 0 unspecified atom stereocenters. The van der Waals surface area contributed by atoms with Crippen LogP contribution in [0.3, 0.4) is 0 Å². The number of methoxy groups -OCH3 is 1. The van der Waals surface area contributed by atoms with Crippen molar-refractivity contribution in [2.24, 2.45) is 5.92 Å². The molecule has 4 atom stereocenters. The maximum Gasteiger partial charge on any atom is 0.330 e. The van der Waals surface area contributed by atoms with Gasteiger partial charge in [0.15, 0.2) is 6.04 Å². The third-order valence-corrected chi connectivity index (χ3v) is 7.30. The molecule has 3 aromatic carbocycles. The minimum absolute atomic E-state index is 0.117. The number of carbonyl (C=O) groups is 4. The van der Waals surface area contributed by atoms with Crippen LogP contribution in [0.5, 0.6) is 5.75 Å². The lowest BCUT2D eigenvalue weighted by atomic mass is 9.96. The highest BCUT2D eigenvalue weighted by Gasteiger charge is 2.32. The molecule has 0 saturated heterocycles. The smallest absolute Gasteiger partial charge is 0.330 e. The first-order chi connectivity index (χ1) is 21.7. The van der Waals surface area contributed by atoms with Gasteiger partial charge in [-0.15, -0.1) is 0 Å². The van der Waals surface area contributed by atoms with Crippen LogP contribution in [0.1, 0.15) is 43.9 Å². The number of amides is 3. The molecule has 0 fully saturated rings. The van der Waals surface area contributed by atoms with E-state index in [-0.39, 0.29) is 31.5 Å². The molecule has 10 heteroatoms. The van der Waals surface area contributed by atoms with Crippen LogP contribution < -0.4 is 20.7 Å². The van der Waals surface area contributed by atoms with Gasteiger partial charge >= 0.3 is 5.97 Å². The first kappa shape index (κ1) is 34.8. The van der Waals surface area contributed by atoms with Crippen molar-refractivity contribution in [2.75, 3.05) is 13.7 Å². The minimum atomic E-state index is -1.08. The maximum atomic E-state index is 13.5. The zero-order valence-corrected chi connectivity index (χ0v) is 26.3. The number of esters is 1. The van der Waals surface area contributed by atoms with E-state index in [1.165, 1.54) is 14.0 Å². The summed E-state index contributed by atoms with van der Waals surface area (Å²) in [7, 11) is 1.23. The quantitative estimate of drug-likeness (QED) is 0.197. The van der Waals surface area contributed by atoms with Gasteiger partial charge in [0, 0.05) is 13.3 Å². The fourth-order valence-electron chi connectivity index (χ4n) is 4.55. The summed E-state index contributed by atoms with van der Waals surface area (Å²) in [6.45, 7) is 5.60. The zero-order chi connectivity index (χ0) is 32.6. The molecule has 0 heterocycles. The Labute approximate surface area is 264 Å². The Morgan fingerprint density at radius 2 is 1.31 bits per heavy atom. The lowest BCUT2D eigenvalue weighted by Gasteiger charge is -2.28. The largest absolute Gasteiger partial charge is 0.489 e. The van der Waals surface area contributed by atoms with Crippen LogP contribution >= 0.6 is 0 Å². The summed E-state index contributed by atoms with van der Waals surface area (Å²) in [5.74, 6) is -1.74. The highest BCUT2D eigenvalue weighted by Crippen LogP contribution is 2.16. The van der Waals surface area contributed by atoms with Gasteiger partial charge in [-0.3, -0.25) is 14.4 Å². The van der Waals surface area contributed by atoms with E-state index in [4.69, 9.17) is 14.2 Å². The molecule has 0 radical (unpaired) electrons. The van der Waals surface area contributed by atoms with Crippen molar-refractivity contribution in [1.82, 2.24) is 16.0 Å². The van der Waals surface area contributed by atoms with Gasteiger partial charge in [-0.25, -0.2) is 4.79 Å². The Hall–Kier alpha value is -4.70. The number of nitrogens with one attached hydrogen (secondary N) is 3. The van der Waals surface area contributed by atoms with Crippen molar-refractivity contribution >= 4 is 23.7 Å². The first-order valence-electron chi connectivity index (χ1n) is 15.0. The van der Waals surface area contributed by atoms with Crippen molar-refractivity contribution in [2.45, 2.75) is 65.0 Å². The average Bonchev–Trinajstić information content (AvgIpc) is 3.06. The molecule has 240 valence electrons. The fraction of sp³-hybridized carbons (Fsp3) is 0.371. The topological polar surface area (TPSA) is 132 Å². The monoisotopic (exact) mass is 617 g/mol. The molecule has 3 N–H and O–H groups in total. The fourth-order valence-corrected chi connectivity index (χ4v) is 4.55. The minimum Gasteiger partial charge on any atom is -0.489 e. The van der Waals surface area contributed by atoms with Crippen LogP contribution in [0.4, 0.5) is 0 Å². The van der Waals surface area contributed by atoms with Crippen molar-refractivity contribution < 1.29 is 33.4 Å². The van der Waals surface area contributed by atoms with Crippen LogP contribution in [0.2, 0.25) is 0 Å². The summed E-state index contributed by atoms with van der Waals surface area (Å²) in [6, 6.07) is 23.5. The second-order valence-electron chi connectivity index (χ2n) is 10.8. The molecule has 3 rings (SSSR count). The summed E-state index contributed by atoms with van der Waals surface area (Å²) in [5, 5.41) is 8.18. The average molecular weight is 618 g/mol. The van der Waals surface area contributed by atoms with Gasteiger partial charge in [-0.2, -0.15) is 0 Å². The maximum absolute atomic E-state index is 13.5. The van der Waals surface area contributed by atoms with E-state index in [0.29, 0.717) is 18.8 Å². The molecule has 0 bridgehead atoms. The summed E-state index contributed by atoms with van der Waals surface area (Å²) in [4.78, 5) is 51.5. The molecule has 45 heavy (non-hydrogen) atoms. The predicted molar refractivity (Wildman–Crippen MR) is 170 cm³/mol. The van der Waals surface area contributed by atoms with E-state index in [2.05, 4.69) is 16.0 Å². The van der Waals surface area contributed by atoms with E-state index in [1.54, 1.807) is 0 Å². The number of benzene rings is 3. The Bertz CT molecular complexity index is 1370. The standard InChI is InChI=1S/C35H43N3O7/c1-5-24(2)32(34(41)37-31(35(42)43-4)23-44-21-27-12-8-6-9-13-27)38-33(40)30(36-25(3)39)20-26-16-18-29(19-17-26)45-22-28-14-10-7-11-15-28/h6-19,24,30-32H,5,20-23H2,1-4H3,(H,36,39)(H,37,41)(H,38,40)/t24-,30-,31-,32-/m0/s1. The van der Waals surface area contributed by atoms with E-state index in [0.717, 1.165) is 16.7 Å². The van der Waals surface area contributed by atoms with Crippen LogP contribution in [0.25, 0.3) is 0 Å². The molecular weight excluding hydrogens is 574 g/mol. The van der Waals surface area contributed by atoms with Crippen LogP contribution in [0, 0.1) is 5.92 Å². The number of hydrogen-bond acceptors (Lipinski definition) is 7. The number of rotatable bonds is 17. The third-order valence-electron chi connectivity index (χ3n) is 7.30. The van der Waals surface area contributed by atoms with Crippen LogP contribution in [0.15, 0.2) is 84.9 Å². The molecule has 10 nitrogen and oxygen atoms in total. The number of ether oxygens (including phenoxy) is 3. The van der Waals surface area contributed by atoms with Crippen molar-refractivity contribution in [1.29, 1.82) is 0 Å². The molecule has 0 aliphatic rings.